The lowest BCUT2D eigenvalue weighted by atomic mass is 9.73. The Hall–Kier alpha value is -3.96. The van der Waals surface area contributed by atoms with E-state index >= 15 is 4.39 Å². The number of nitrogen functional groups attached to an aromatic ring is 1. The number of methoxy groups -OCH3 is 1. The van der Waals surface area contributed by atoms with Crippen LogP contribution in [0.15, 0.2) is 18.6 Å². The van der Waals surface area contributed by atoms with Crippen LogP contribution in [0.1, 0.15) is 74.7 Å². The smallest absolute Gasteiger partial charge is 0.351 e. The Balaban J connectivity index is 1.66. The number of ketones is 2. The van der Waals surface area contributed by atoms with Crippen LogP contribution in [0, 0.1) is 29.6 Å². The Morgan fingerprint density at radius 1 is 1.10 bits per heavy atom. The monoisotopic (exact) mass is 816 g/mol. The molecule has 13 atom stereocenters. The standard InChI is InChI=1S/C40H61FN8O9/c1-12-29-40(8,54)33(43-15-13-14-16-49-20-27(46-47-49)26-18-30(42)45-21-44-26)24(4)31(50)22(2)19-38(6,55-11)35(25(5)34(52)39(7,41)37(53)57-29)58-36-32(51)28(48(9)10)17-23(3)56-36/h18,20-25,28-29,32-33,35-36,43,51,54H,12,15-17,19H2,1-11H3,(H2,42,44,45)/t22-,23-,24+,25+,28?,29-,32?,33-,35-,36+,38-,39+,40-/m1/s1. The summed E-state index contributed by atoms with van der Waals surface area (Å²) >= 11 is 0. The SMILES string of the molecule is CC[C@H]1OC(=O)[C@@](C)(F)C(=O)[C@H](C)[C@@H](O[C@@H]2O[C@H](C)CC(N(C)C)C2O)[C@](C)(OC)C[C@@H](C)C(=O)[C@H](C)[C@@H](NCC#CCn2cc(-c3cc(N)ncn3)nn2)[C@]1(C)O. The first-order valence-electron chi connectivity index (χ1n) is 19.7. The molecule has 58 heavy (non-hydrogen) atoms. The van der Waals surface area contributed by atoms with Gasteiger partial charge in [-0.2, -0.15) is 0 Å². The zero-order valence-corrected chi connectivity index (χ0v) is 35.4. The topological polar surface area (TPSA) is 226 Å². The van der Waals surface area contributed by atoms with E-state index < -0.39 is 77.0 Å². The fourth-order valence-corrected chi connectivity index (χ4v) is 8.20. The number of aromatic nitrogens is 5. The second-order valence-corrected chi connectivity index (χ2v) is 16.5. The molecule has 0 radical (unpaired) electrons. The highest BCUT2D eigenvalue weighted by atomic mass is 19.1. The van der Waals surface area contributed by atoms with Gasteiger partial charge in [-0.3, -0.25) is 14.9 Å². The van der Waals surface area contributed by atoms with Gasteiger partial charge in [-0.25, -0.2) is 23.8 Å². The molecule has 17 nitrogen and oxygen atoms in total. The molecule has 322 valence electrons. The number of carbonyl (C=O) groups is 3. The van der Waals surface area contributed by atoms with E-state index in [9.17, 15) is 24.6 Å². The van der Waals surface area contributed by atoms with Crippen LogP contribution in [0.3, 0.4) is 0 Å². The van der Waals surface area contributed by atoms with E-state index in [1.807, 2.05) is 25.9 Å². The summed E-state index contributed by atoms with van der Waals surface area (Å²) in [4.78, 5) is 52.1. The van der Waals surface area contributed by atoms with Gasteiger partial charge in [0.05, 0.1) is 36.2 Å². The molecular weight excluding hydrogens is 755 g/mol. The molecule has 4 rings (SSSR count). The molecule has 18 heteroatoms. The number of aliphatic hydroxyl groups excluding tert-OH is 1. The molecule has 0 bridgehead atoms. The largest absolute Gasteiger partial charge is 0.457 e. The summed E-state index contributed by atoms with van der Waals surface area (Å²) in [5.41, 5.74) is 0.105. The van der Waals surface area contributed by atoms with Crippen molar-refractivity contribution in [2.24, 2.45) is 17.8 Å². The molecule has 2 aromatic heterocycles. The van der Waals surface area contributed by atoms with Gasteiger partial charge in [-0.05, 0) is 61.1 Å². The summed E-state index contributed by atoms with van der Waals surface area (Å²) in [5.74, 6) is 0.227. The number of rotatable bonds is 9. The van der Waals surface area contributed by atoms with Gasteiger partial charge in [-0.1, -0.05) is 44.7 Å². The number of ether oxygens (including phenoxy) is 4. The molecule has 2 aromatic rings. The summed E-state index contributed by atoms with van der Waals surface area (Å²) in [6.07, 6.45) is -1.98. The normalized spacial score (nSPS) is 36.8. The molecule has 0 spiro atoms. The van der Waals surface area contributed by atoms with E-state index in [-0.39, 0.29) is 49.7 Å². The van der Waals surface area contributed by atoms with Gasteiger partial charge in [0.1, 0.15) is 48.0 Å². The Kier molecular flexibility index (Phi) is 15.3. The van der Waals surface area contributed by atoms with Gasteiger partial charge in [0.2, 0.25) is 0 Å². The number of halogens is 1. The lowest BCUT2D eigenvalue weighted by molar-refractivity contribution is -0.295. The molecule has 0 amide bonds. The quantitative estimate of drug-likeness (QED) is 0.161. The van der Waals surface area contributed by atoms with Gasteiger partial charge in [0, 0.05) is 43.0 Å². The van der Waals surface area contributed by atoms with Crippen molar-refractivity contribution in [1.82, 2.24) is 35.2 Å². The van der Waals surface area contributed by atoms with Crippen molar-refractivity contribution in [1.29, 1.82) is 0 Å². The van der Waals surface area contributed by atoms with Crippen LogP contribution in [0.2, 0.25) is 0 Å². The first-order valence-corrected chi connectivity index (χ1v) is 19.7. The predicted octanol–water partition coefficient (Wildman–Crippen LogP) is 1.75. The highest BCUT2D eigenvalue weighted by molar-refractivity contribution is 6.07. The molecule has 2 aliphatic rings. The minimum atomic E-state index is -3.20. The van der Waals surface area contributed by atoms with E-state index in [1.165, 1.54) is 32.0 Å². The number of anilines is 1. The van der Waals surface area contributed by atoms with Crippen LogP contribution < -0.4 is 11.1 Å². The maximum Gasteiger partial charge on any atom is 0.351 e. The zero-order chi connectivity index (χ0) is 43.3. The third-order valence-electron chi connectivity index (χ3n) is 11.7. The molecule has 2 aliphatic heterocycles. The minimum absolute atomic E-state index is 0.0141. The number of carbonyl (C=O) groups excluding carboxylic acids is 3. The minimum Gasteiger partial charge on any atom is -0.457 e. The van der Waals surface area contributed by atoms with Gasteiger partial charge in [-0.15, -0.1) is 5.10 Å². The second-order valence-electron chi connectivity index (χ2n) is 16.5. The number of likely N-dealkylation sites (N-methyl/N-ethyl adjacent to an activating group) is 1. The number of Topliss-reactive ketones (excluding diaryl/α,β-unsaturated/α-hetero) is 2. The van der Waals surface area contributed by atoms with Crippen LogP contribution in [-0.4, -0.2) is 145 Å². The number of aliphatic hydroxyl groups is 2. The molecular formula is C40H61FN8O9. The number of nitrogens with zero attached hydrogens (tertiary/aromatic N) is 6. The number of alkyl halides is 1. The Morgan fingerprint density at radius 3 is 2.41 bits per heavy atom. The van der Waals surface area contributed by atoms with E-state index in [4.69, 9.17) is 24.7 Å². The van der Waals surface area contributed by atoms with Gasteiger partial charge >= 0.3 is 5.97 Å². The van der Waals surface area contributed by atoms with Gasteiger partial charge in [0.15, 0.2) is 12.1 Å². The molecule has 2 saturated heterocycles. The molecule has 5 N–H and O–H groups in total. The van der Waals surface area contributed by atoms with Crippen LogP contribution >= 0.6 is 0 Å². The summed E-state index contributed by atoms with van der Waals surface area (Å²) in [6, 6.07) is 0.128. The van der Waals surface area contributed by atoms with E-state index in [1.54, 1.807) is 40.0 Å². The summed E-state index contributed by atoms with van der Waals surface area (Å²) < 4.78 is 42.4. The number of cyclic esters (lactones) is 1. The van der Waals surface area contributed by atoms with Crippen LogP contribution in [0.4, 0.5) is 10.2 Å². The zero-order valence-electron chi connectivity index (χ0n) is 35.4. The number of nitrogens with two attached hydrogens (primary N) is 1. The van der Waals surface area contributed by atoms with Crippen molar-refractivity contribution in [2.75, 3.05) is 33.5 Å². The second kappa shape index (κ2) is 19.0. The number of hydrogen-bond acceptors (Lipinski definition) is 16. The highest BCUT2D eigenvalue weighted by Crippen LogP contribution is 2.39. The lowest BCUT2D eigenvalue weighted by Gasteiger charge is -2.47. The lowest BCUT2D eigenvalue weighted by Crippen LogP contribution is -2.63. The van der Waals surface area contributed by atoms with Crippen molar-refractivity contribution in [3.8, 4) is 23.2 Å². The molecule has 0 saturated carbocycles. The Labute approximate surface area is 339 Å². The fraction of sp³-hybridized carbons (Fsp3) is 0.725. The number of esters is 1. The van der Waals surface area contributed by atoms with Crippen molar-refractivity contribution in [3.05, 3.63) is 18.6 Å². The Morgan fingerprint density at radius 2 is 1.79 bits per heavy atom. The molecule has 0 aromatic carbocycles. The molecule has 2 fully saturated rings. The fourth-order valence-electron chi connectivity index (χ4n) is 8.20. The van der Waals surface area contributed by atoms with Crippen LogP contribution in [-0.2, 0) is 39.9 Å². The summed E-state index contributed by atoms with van der Waals surface area (Å²) in [5, 5.41) is 34.9. The average molecular weight is 817 g/mol. The van der Waals surface area contributed by atoms with Crippen LogP contribution in [0.5, 0.6) is 0 Å². The van der Waals surface area contributed by atoms with Crippen molar-refractivity contribution in [2.45, 2.75) is 141 Å². The van der Waals surface area contributed by atoms with Gasteiger partial charge in [0.25, 0.3) is 5.67 Å². The molecule has 4 heterocycles. The number of hydrogen-bond donors (Lipinski definition) is 4. The van der Waals surface area contributed by atoms with Crippen LogP contribution in [0.25, 0.3) is 11.4 Å². The predicted molar refractivity (Wildman–Crippen MR) is 210 cm³/mol. The average Bonchev–Trinajstić information content (AvgIpc) is 3.65. The highest BCUT2D eigenvalue weighted by Gasteiger charge is 2.56. The van der Waals surface area contributed by atoms with E-state index in [0.29, 0.717) is 17.8 Å². The van der Waals surface area contributed by atoms with E-state index in [0.717, 1.165) is 6.92 Å². The number of nitrogens with one attached hydrogen (secondary N) is 1. The molecule has 0 aliphatic carbocycles. The van der Waals surface area contributed by atoms with Crippen molar-refractivity contribution < 1.29 is 47.9 Å². The van der Waals surface area contributed by atoms with Gasteiger partial charge < -0.3 is 39.8 Å². The van der Waals surface area contributed by atoms with Crippen molar-refractivity contribution >= 4 is 23.4 Å². The maximum absolute atomic E-state index is 16.7. The Bertz CT molecular complexity index is 1810. The maximum atomic E-state index is 16.7. The summed E-state index contributed by atoms with van der Waals surface area (Å²) in [7, 11) is 5.01. The third-order valence-corrected chi connectivity index (χ3v) is 11.7. The van der Waals surface area contributed by atoms with E-state index in [2.05, 4.69) is 37.4 Å². The van der Waals surface area contributed by atoms with Crippen molar-refractivity contribution in [3.63, 3.8) is 0 Å². The molecule has 2 unspecified atom stereocenters. The first-order chi connectivity index (χ1) is 27.1. The third kappa shape index (κ3) is 10.2. The summed E-state index contributed by atoms with van der Waals surface area (Å²) in [6.45, 7) is 12.2. The first kappa shape index (κ1) is 46.7.